The first kappa shape index (κ1) is 22.2. The molecule has 1 saturated carbocycles. The number of rotatable bonds is 6. The minimum Gasteiger partial charge on any atom is -0.0952 e. The Labute approximate surface area is 200 Å². The predicted molar refractivity (Wildman–Crippen MR) is 144 cm³/mol. The molecule has 0 bridgehead atoms. The first-order chi connectivity index (χ1) is 15.9. The maximum absolute atomic E-state index is 4.52. The summed E-state index contributed by atoms with van der Waals surface area (Å²) in [7, 11) is 0. The van der Waals surface area contributed by atoms with Gasteiger partial charge in [0, 0.05) is 0 Å². The molecule has 0 heterocycles. The van der Waals surface area contributed by atoms with Crippen molar-refractivity contribution in [1.29, 1.82) is 0 Å². The van der Waals surface area contributed by atoms with Gasteiger partial charge in [-0.25, -0.2) is 0 Å². The molecule has 5 rings (SSSR count). The third-order valence-electron chi connectivity index (χ3n) is 8.37. The Hall–Kier alpha value is -2.60. The maximum atomic E-state index is 4.52. The molecule has 0 saturated heterocycles. The molecule has 1 fully saturated rings. The van der Waals surface area contributed by atoms with Crippen LogP contribution in [0.3, 0.4) is 0 Å². The Bertz CT molecular complexity index is 1200. The molecule has 170 valence electrons. The van der Waals surface area contributed by atoms with E-state index in [1.54, 1.807) is 11.1 Å². The quantitative estimate of drug-likeness (QED) is 0.425. The van der Waals surface area contributed by atoms with Gasteiger partial charge in [0.1, 0.15) is 0 Å². The van der Waals surface area contributed by atoms with Gasteiger partial charge in [0.2, 0.25) is 0 Å². The minimum absolute atomic E-state index is 0.534. The number of hydrogen-bond acceptors (Lipinski definition) is 0. The fourth-order valence-electron chi connectivity index (χ4n) is 5.78. The molecular formula is C33H38. The van der Waals surface area contributed by atoms with E-state index >= 15 is 0 Å². The van der Waals surface area contributed by atoms with Gasteiger partial charge in [-0.2, -0.15) is 0 Å². The van der Waals surface area contributed by atoms with Crippen LogP contribution in [0.2, 0.25) is 0 Å². The number of benzene rings is 2. The Kier molecular flexibility index (Phi) is 5.81. The summed E-state index contributed by atoms with van der Waals surface area (Å²) in [6.07, 6.45) is 11.7. The molecule has 33 heavy (non-hydrogen) atoms. The van der Waals surface area contributed by atoms with E-state index in [4.69, 9.17) is 0 Å². The van der Waals surface area contributed by atoms with Crippen LogP contribution in [0.25, 0.3) is 11.1 Å². The lowest BCUT2D eigenvalue weighted by atomic mass is 9.80. The summed E-state index contributed by atoms with van der Waals surface area (Å²) in [5.74, 6) is 2.52. The molecule has 3 unspecified atom stereocenters. The molecule has 0 nitrogen and oxygen atoms in total. The molecule has 0 N–H and O–H groups in total. The summed E-state index contributed by atoms with van der Waals surface area (Å²) in [6.45, 7) is 16.0. The van der Waals surface area contributed by atoms with Crippen molar-refractivity contribution in [2.45, 2.75) is 72.1 Å². The van der Waals surface area contributed by atoms with Crippen LogP contribution in [-0.4, -0.2) is 0 Å². The topological polar surface area (TPSA) is 0 Å². The van der Waals surface area contributed by atoms with Crippen LogP contribution in [0, 0.1) is 11.8 Å². The van der Waals surface area contributed by atoms with Gasteiger partial charge in [-0.3, -0.25) is 0 Å². The lowest BCUT2D eigenvalue weighted by Crippen LogP contribution is -2.06. The normalized spacial score (nSPS) is 21.7. The standard InChI is InChI=1S/C33H38/c1-7-21(5)29-18-24(22(6)20(3)4)14-16-27(29)33-26-12-10-9-11-25(26)31-19-32(31)30-17-23(8-2)13-15-28(30)33/h10-18,20,22,31-32H,5,7-9,19H2,1-4,6H3. The van der Waals surface area contributed by atoms with Crippen LogP contribution in [0.4, 0.5) is 0 Å². The van der Waals surface area contributed by atoms with Crippen LogP contribution in [0.1, 0.15) is 99.1 Å². The average Bonchev–Trinajstić information content (AvgIpc) is 3.65. The summed E-state index contributed by atoms with van der Waals surface area (Å²) in [4.78, 5) is 0. The molecule has 0 aliphatic heterocycles. The first-order valence-corrected chi connectivity index (χ1v) is 13.0. The second-order valence-electron chi connectivity index (χ2n) is 10.6. The van der Waals surface area contributed by atoms with Crippen molar-refractivity contribution in [2.24, 2.45) is 11.8 Å². The zero-order valence-electron chi connectivity index (χ0n) is 21.0. The predicted octanol–water partition coefficient (Wildman–Crippen LogP) is 9.24. The summed E-state index contributed by atoms with van der Waals surface area (Å²) in [5.41, 5.74) is 14.3. The number of fused-ring (bicyclic) bond motifs is 5. The van der Waals surface area contributed by atoms with Crippen LogP contribution < -0.4 is 0 Å². The molecule has 0 radical (unpaired) electrons. The van der Waals surface area contributed by atoms with Crippen molar-refractivity contribution in [3.05, 3.63) is 106 Å². The molecule has 2 aromatic rings. The summed E-state index contributed by atoms with van der Waals surface area (Å²) >= 11 is 0. The molecule has 0 amide bonds. The van der Waals surface area contributed by atoms with Crippen LogP contribution >= 0.6 is 0 Å². The van der Waals surface area contributed by atoms with Crippen molar-refractivity contribution < 1.29 is 0 Å². The molecule has 3 aliphatic rings. The zero-order valence-corrected chi connectivity index (χ0v) is 21.0. The molecule has 0 spiro atoms. The highest BCUT2D eigenvalue weighted by molar-refractivity contribution is 5.94. The van der Waals surface area contributed by atoms with Gasteiger partial charge in [-0.05, 0) is 105 Å². The third kappa shape index (κ3) is 3.78. The smallest absolute Gasteiger partial charge is 0.00272 e. The van der Waals surface area contributed by atoms with Gasteiger partial charge in [0.05, 0.1) is 0 Å². The van der Waals surface area contributed by atoms with Crippen molar-refractivity contribution in [2.75, 3.05) is 0 Å². The molecular weight excluding hydrogens is 396 g/mol. The Morgan fingerprint density at radius 3 is 2.52 bits per heavy atom. The SMILES string of the molecule is C=C(CC)c1cc(C(C)C(C)C)ccc1C1=C2C=CCC=C2C2CC2c2cc(CC)ccc21. The lowest BCUT2D eigenvalue weighted by Gasteiger charge is -2.24. The molecule has 3 atom stereocenters. The molecule has 0 heteroatoms. The highest BCUT2D eigenvalue weighted by Gasteiger charge is 2.46. The zero-order chi connectivity index (χ0) is 23.3. The second kappa shape index (κ2) is 8.64. The highest BCUT2D eigenvalue weighted by atomic mass is 14.5. The van der Waals surface area contributed by atoms with E-state index in [1.807, 2.05) is 0 Å². The fourth-order valence-corrected chi connectivity index (χ4v) is 5.78. The van der Waals surface area contributed by atoms with Crippen molar-refractivity contribution in [1.82, 2.24) is 0 Å². The number of hydrogen-bond donors (Lipinski definition) is 0. The third-order valence-corrected chi connectivity index (χ3v) is 8.37. The fraction of sp³-hybridized carbons (Fsp3) is 0.394. The van der Waals surface area contributed by atoms with Crippen LogP contribution in [0.15, 0.2) is 72.4 Å². The van der Waals surface area contributed by atoms with E-state index in [1.165, 1.54) is 51.0 Å². The van der Waals surface area contributed by atoms with Gasteiger partial charge in [-0.15, -0.1) is 0 Å². The van der Waals surface area contributed by atoms with Crippen molar-refractivity contribution in [3.8, 4) is 0 Å². The summed E-state index contributed by atoms with van der Waals surface area (Å²) in [6, 6.07) is 14.5. The maximum Gasteiger partial charge on any atom is -0.00272 e. The summed E-state index contributed by atoms with van der Waals surface area (Å²) < 4.78 is 0. The number of aryl methyl sites for hydroxylation is 1. The van der Waals surface area contributed by atoms with Gasteiger partial charge in [0.25, 0.3) is 0 Å². The largest absolute Gasteiger partial charge is 0.0952 e. The van der Waals surface area contributed by atoms with E-state index in [2.05, 4.69) is 95.8 Å². The first-order valence-electron chi connectivity index (χ1n) is 13.0. The van der Waals surface area contributed by atoms with Gasteiger partial charge >= 0.3 is 0 Å². The van der Waals surface area contributed by atoms with E-state index in [-0.39, 0.29) is 0 Å². The summed E-state index contributed by atoms with van der Waals surface area (Å²) in [5, 5.41) is 0. The van der Waals surface area contributed by atoms with Gasteiger partial charge < -0.3 is 0 Å². The lowest BCUT2D eigenvalue weighted by molar-refractivity contribution is 0.535. The van der Waals surface area contributed by atoms with E-state index in [9.17, 15) is 0 Å². The molecule has 2 aromatic carbocycles. The van der Waals surface area contributed by atoms with Gasteiger partial charge in [-0.1, -0.05) is 95.8 Å². The Morgan fingerprint density at radius 2 is 1.79 bits per heavy atom. The Balaban J connectivity index is 1.78. The van der Waals surface area contributed by atoms with E-state index in [0.29, 0.717) is 23.7 Å². The van der Waals surface area contributed by atoms with Crippen molar-refractivity contribution >= 4 is 11.1 Å². The average molecular weight is 435 g/mol. The van der Waals surface area contributed by atoms with Crippen LogP contribution in [-0.2, 0) is 6.42 Å². The van der Waals surface area contributed by atoms with Crippen molar-refractivity contribution in [3.63, 3.8) is 0 Å². The minimum atomic E-state index is 0.534. The highest BCUT2D eigenvalue weighted by Crippen LogP contribution is 2.60. The Morgan fingerprint density at radius 1 is 1.00 bits per heavy atom. The second-order valence-corrected chi connectivity index (χ2v) is 10.6. The molecule has 0 aromatic heterocycles. The number of allylic oxidation sites excluding steroid dienone is 6. The van der Waals surface area contributed by atoms with E-state index < -0.39 is 0 Å². The monoisotopic (exact) mass is 434 g/mol. The van der Waals surface area contributed by atoms with E-state index in [0.717, 1.165) is 19.3 Å². The van der Waals surface area contributed by atoms with Crippen LogP contribution in [0.5, 0.6) is 0 Å². The molecule has 3 aliphatic carbocycles. The van der Waals surface area contributed by atoms with Gasteiger partial charge in [0.15, 0.2) is 0 Å².